The molecule has 0 bridgehead atoms. The summed E-state index contributed by atoms with van der Waals surface area (Å²) in [5.74, 6) is -1.04. The van der Waals surface area contributed by atoms with E-state index in [1.807, 2.05) is 49.4 Å². The summed E-state index contributed by atoms with van der Waals surface area (Å²) in [4.78, 5) is 11.0. The number of carboxylic acids is 1. The topological polar surface area (TPSA) is 37.3 Å². The van der Waals surface area contributed by atoms with Crippen molar-refractivity contribution in [3.63, 3.8) is 0 Å². The van der Waals surface area contributed by atoms with Crippen molar-refractivity contribution in [1.82, 2.24) is 0 Å². The molecular formula is C13H16O2. The molecule has 2 nitrogen and oxygen atoms in total. The van der Waals surface area contributed by atoms with E-state index in [9.17, 15) is 4.79 Å². The maximum absolute atomic E-state index is 11.0. The third-order valence-electron chi connectivity index (χ3n) is 2.33. The second-order valence-electron chi connectivity index (χ2n) is 3.53. The van der Waals surface area contributed by atoms with Crippen LogP contribution in [0.25, 0.3) is 0 Å². The van der Waals surface area contributed by atoms with E-state index in [1.165, 1.54) is 0 Å². The lowest BCUT2D eigenvalue weighted by Gasteiger charge is -2.09. The van der Waals surface area contributed by atoms with E-state index in [-0.39, 0.29) is 5.92 Å². The van der Waals surface area contributed by atoms with Crippen molar-refractivity contribution in [2.75, 3.05) is 0 Å². The molecule has 0 aliphatic rings. The highest BCUT2D eigenvalue weighted by Gasteiger charge is 2.15. The Labute approximate surface area is 90.3 Å². The van der Waals surface area contributed by atoms with E-state index in [0.717, 1.165) is 5.56 Å². The standard InChI is InChI=1S/C13H16O2/c1-2-3-9-12(13(14)15)10-11-7-5-4-6-8-11/h2-8,12H,9-10H2,1H3,(H,14,15)/b3-2+/t12-/m0/s1. The van der Waals surface area contributed by atoms with Gasteiger partial charge in [-0.1, -0.05) is 42.5 Å². The molecule has 0 unspecified atom stereocenters. The van der Waals surface area contributed by atoms with E-state index in [1.54, 1.807) is 0 Å². The van der Waals surface area contributed by atoms with Crippen molar-refractivity contribution < 1.29 is 9.90 Å². The van der Waals surface area contributed by atoms with Gasteiger partial charge in [0.15, 0.2) is 0 Å². The molecule has 0 saturated carbocycles. The molecule has 80 valence electrons. The van der Waals surface area contributed by atoms with Gasteiger partial charge in [-0.05, 0) is 25.3 Å². The van der Waals surface area contributed by atoms with Crippen LogP contribution in [0.2, 0.25) is 0 Å². The molecule has 0 aliphatic carbocycles. The van der Waals surface area contributed by atoms with Gasteiger partial charge in [-0.2, -0.15) is 0 Å². The molecule has 1 atom stereocenters. The van der Waals surface area contributed by atoms with Crippen LogP contribution in [0.5, 0.6) is 0 Å². The predicted molar refractivity (Wildman–Crippen MR) is 60.7 cm³/mol. The maximum atomic E-state index is 11.0. The first-order valence-electron chi connectivity index (χ1n) is 5.12. The van der Waals surface area contributed by atoms with Crippen molar-refractivity contribution >= 4 is 5.97 Å². The molecule has 1 rings (SSSR count). The number of carbonyl (C=O) groups is 1. The molecular weight excluding hydrogens is 188 g/mol. The second kappa shape index (κ2) is 6.02. The highest BCUT2D eigenvalue weighted by Crippen LogP contribution is 2.13. The highest BCUT2D eigenvalue weighted by molar-refractivity contribution is 5.70. The third-order valence-corrected chi connectivity index (χ3v) is 2.33. The molecule has 2 heteroatoms. The van der Waals surface area contributed by atoms with Crippen LogP contribution < -0.4 is 0 Å². The lowest BCUT2D eigenvalue weighted by Crippen LogP contribution is -2.15. The van der Waals surface area contributed by atoms with Crippen LogP contribution >= 0.6 is 0 Å². The number of aliphatic carboxylic acids is 1. The van der Waals surface area contributed by atoms with Gasteiger partial charge in [0.25, 0.3) is 0 Å². The SMILES string of the molecule is C/C=C/C[C@@H](Cc1ccccc1)C(=O)O. The molecule has 0 aliphatic heterocycles. The van der Waals surface area contributed by atoms with Gasteiger partial charge in [0.2, 0.25) is 0 Å². The summed E-state index contributed by atoms with van der Waals surface area (Å²) in [6, 6.07) is 9.73. The number of hydrogen-bond donors (Lipinski definition) is 1. The summed E-state index contributed by atoms with van der Waals surface area (Å²) >= 11 is 0. The fourth-order valence-corrected chi connectivity index (χ4v) is 1.47. The number of carboxylic acid groups (broad SMARTS) is 1. The summed E-state index contributed by atoms with van der Waals surface area (Å²) in [6.45, 7) is 1.90. The fraction of sp³-hybridized carbons (Fsp3) is 0.308. The maximum Gasteiger partial charge on any atom is 0.307 e. The molecule has 1 N–H and O–H groups in total. The van der Waals surface area contributed by atoms with E-state index < -0.39 is 5.97 Å². The summed E-state index contributed by atoms with van der Waals surface area (Å²) in [5, 5.41) is 9.03. The molecule has 0 radical (unpaired) electrons. The monoisotopic (exact) mass is 204 g/mol. The summed E-state index contributed by atoms with van der Waals surface area (Å²) in [7, 11) is 0. The lowest BCUT2D eigenvalue weighted by atomic mass is 9.96. The lowest BCUT2D eigenvalue weighted by molar-refractivity contribution is -0.141. The fourth-order valence-electron chi connectivity index (χ4n) is 1.47. The zero-order valence-corrected chi connectivity index (χ0v) is 8.89. The quantitative estimate of drug-likeness (QED) is 0.749. The van der Waals surface area contributed by atoms with Gasteiger partial charge < -0.3 is 5.11 Å². The molecule has 0 spiro atoms. The Morgan fingerprint density at radius 3 is 2.60 bits per heavy atom. The molecule has 0 amide bonds. The van der Waals surface area contributed by atoms with Gasteiger partial charge in [0.1, 0.15) is 0 Å². The number of rotatable bonds is 5. The van der Waals surface area contributed by atoms with Crippen molar-refractivity contribution in [1.29, 1.82) is 0 Å². The van der Waals surface area contributed by atoms with Crippen LogP contribution in [0.15, 0.2) is 42.5 Å². The number of benzene rings is 1. The van der Waals surface area contributed by atoms with Crippen LogP contribution in [0.4, 0.5) is 0 Å². The van der Waals surface area contributed by atoms with Gasteiger partial charge in [0, 0.05) is 0 Å². The zero-order valence-electron chi connectivity index (χ0n) is 8.89. The predicted octanol–water partition coefficient (Wildman–Crippen LogP) is 2.90. The molecule has 0 heterocycles. The van der Waals surface area contributed by atoms with Crippen LogP contribution in [-0.4, -0.2) is 11.1 Å². The minimum Gasteiger partial charge on any atom is -0.481 e. The van der Waals surface area contributed by atoms with Crippen LogP contribution in [0.1, 0.15) is 18.9 Å². The molecule has 1 aromatic rings. The van der Waals surface area contributed by atoms with Gasteiger partial charge >= 0.3 is 5.97 Å². The minimum absolute atomic E-state index is 0.316. The Balaban J connectivity index is 2.63. The molecule has 0 saturated heterocycles. The summed E-state index contributed by atoms with van der Waals surface area (Å²) < 4.78 is 0. The first-order chi connectivity index (χ1) is 7.24. The highest BCUT2D eigenvalue weighted by atomic mass is 16.4. The molecule has 15 heavy (non-hydrogen) atoms. The minimum atomic E-state index is -0.725. The first-order valence-corrected chi connectivity index (χ1v) is 5.12. The summed E-state index contributed by atoms with van der Waals surface area (Å²) in [6.07, 6.45) is 4.99. The second-order valence-corrected chi connectivity index (χ2v) is 3.53. The van der Waals surface area contributed by atoms with Crippen molar-refractivity contribution in [3.05, 3.63) is 48.0 Å². The average Bonchev–Trinajstić information content (AvgIpc) is 2.25. The van der Waals surface area contributed by atoms with Gasteiger partial charge in [0.05, 0.1) is 5.92 Å². The third kappa shape index (κ3) is 3.98. The largest absolute Gasteiger partial charge is 0.481 e. The Morgan fingerprint density at radius 1 is 1.40 bits per heavy atom. The van der Waals surface area contributed by atoms with Crippen molar-refractivity contribution in [2.45, 2.75) is 19.8 Å². The molecule has 0 fully saturated rings. The Bertz CT molecular complexity index is 328. The van der Waals surface area contributed by atoms with Crippen LogP contribution in [0, 0.1) is 5.92 Å². The van der Waals surface area contributed by atoms with Gasteiger partial charge in [-0.15, -0.1) is 0 Å². The van der Waals surface area contributed by atoms with Crippen LogP contribution in [0.3, 0.4) is 0 Å². The Morgan fingerprint density at radius 2 is 2.07 bits per heavy atom. The normalized spacial score (nSPS) is 12.9. The number of allylic oxidation sites excluding steroid dienone is 2. The van der Waals surface area contributed by atoms with Gasteiger partial charge in [-0.3, -0.25) is 4.79 Å². The average molecular weight is 204 g/mol. The Kier molecular flexibility index (Phi) is 4.61. The smallest absolute Gasteiger partial charge is 0.307 e. The zero-order chi connectivity index (χ0) is 11.1. The molecule has 0 aromatic heterocycles. The van der Waals surface area contributed by atoms with E-state index in [4.69, 9.17) is 5.11 Å². The summed E-state index contributed by atoms with van der Waals surface area (Å²) in [5.41, 5.74) is 1.08. The van der Waals surface area contributed by atoms with E-state index in [0.29, 0.717) is 12.8 Å². The number of hydrogen-bond acceptors (Lipinski definition) is 1. The van der Waals surface area contributed by atoms with Crippen molar-refractivity contribution in [2.24, 2.45) is 5.92 Å². The first kappa shape index (κ1) is 11.5. The van der Waals surface area contributed by atoms with Crippen molar-refractivity contribution in [3.8, 4) is 0 Å². The van der Waals surface area contributed by atoms with E-state index >= 15 is 0 Å². The van der Waals surface area contributed by atoms with Crippen LogP contribution in [-0.2, 0) is 11.2 Å². The van der Waals surface area contributed by atoms with Gasteiger partial charge in [-0.25, -0.2) is 0 Å². The molecule has 1 aromatic carbocycles. The van der Waals surface area contributed by atoms with E-state index in [2.05, 4.69) is 0 Å². The Hall–Kier alpha value is -1.57.